The fraction of sp³-hybridized carbons (Fsp3) is 0.333. The topological polar surface area (TPSA) is 72.8 Å². The van der Waals surface area contributed by atoms with E-state index in [0.29, 0.717) is 43.2 Å². The molecule has 7 heteroatoms. The van der Waals surface area contributed by atoms with Gasteiger partial charge in [-0.25, -0.2) is 0 Å². The van der Waals surface area contributed by atoms with Gasteiger partial charge in [-0.05, 0) is 49.2 Å². The average Bonchev–Trinajstić information content (AvgIpc) is 3.33. The zero-order valence-corrected chi connectivity index (χ0v) is 18.1. The summed E-state index contributed by atoms with van der Waals surface area (Å²) in [4.78, 5) is 27.6. The molecule has 2 heterocycles. The first-order valence-electron chi connectivity index (χ1n) is 10.5. The van der Waals surface area contributed by atoms with E-state index in [0.717, 1.165) is 28.6 Å². The number of methoxy groups -OCH3 is 1. The van der Waals surface area contributed by atoms with Crippen LogP contribution in [0.25, 0.3) is 10.9 Å². The summed E-state index contributed by atoms with van der Waals surface area (Å²) in [7, 11) is 3.46. The summed E-state index contributed by atoms with van der Waals surface area (Å²) in [5.74, 6) is 1.31. The second-order valence-corrected chi connectivity index (χ2v) is 7.55. The lowest BCUT2D eigenvalue weighted by atomic mass is 10.1. The molecular weight excluding hydrogens is 394 g/mol. The molecule has 162 valence electrons. The molecule has 31 heavy (non-hydrogen) atoms. The van der Waals surface area contributed by atoms with Crippen molar-refractivity contribution < 1.29 is 19.1 Å². The number of hydrogen-bond acceptors (Lipinski definition) is 4. The molecule has 0 radical (unpaired) electrons. The van der Waals surface area contributed by atoms with Crippen molar-refractivity contribution in [1.82, 2.24) is 9.88 Å². The minimum atomic E-state index is -0.221. The summed E-state index contributed by atoms with van der Waals surface area (Å²) in [6.45, 7) is 3.54. The molecule has 0 bridgehead atoms. The molecule has 4 rings (SSSR count). The molecule has 0 unspecified atom stereocenters. The molecule has 1 N–H and O–H groups in total. The highest BCUT2D eigenvalue weighted by molar-refractivity contribution is 6.14. The van der Waals surface area contributed by atoms with Crippen molar-refractivity contribution in [3.8, 4) is 11.5 Å². The number of nitrogens with one attached hydrogen (secondary N) is 1. The number of carbonyl (C=O) groups is 2. The van der Waals surface area contributed by atoms with Gasteiger partial charge in [-0.15, -0.1) is 0 Å². The van der Waals surface area contributed by atoms with Gasteiger partial charge in [0, 0.05) is 31.9 Å². The van der Waals surface area contributed by atoms with Crippen LogP contribution in [0.15, 0.2) is 42.5 Å². The van der Waals surface area contributed by atoms with E-state index >= 15 is 0 Å². The van der Waals surface area contributed by atoms with Crippen molar-refractivity contribution >= 4 is 28.4 Å². The highest BCUT2D eigenvalue weighted by Crippen LogP contribution is 2.37. The van der Waals surface area contributed by atoms with Crippen molar-refractivity contribution in [2.45, 2.75) is 26.3 Å². The molecule has 2 aromatic carbocycles. The lowest BCUT2D eigenvalue weighted by molar-refractivity contribution is -0.117. The lowest BCUT2D eigenvalue weighted by Gasteiger charge is -2.18. The zero-order valence-electron chi connectivity index (χ0n) is 18.1. The van der Waals surface area contributed by atoms with E-state index < -0.39 is 0 Å². The molecule has 1 aliphatic heterocycles. The number of aromatic nitrogens is 1. The largest absolute Gasteiger partial charge is 0.497 e. The Morgan fingerprint density at radius 2 is 1.87 bits per heavy atom. The molecule has 0 saturated carbocycles. The summed E-state index contributed by atoms with van der Waals surface area (Å²) in [6.07, 6.45) is 1.28. The van der Waals surface area contributed by atoms with Crippen LogP contribution in [-0.4, -0.2) is 36.6 Å². The van der Waals surface area contributed by atoms with Crippen LogP contribution in [0.4, 0.5) is 5.69 Å². The number of nitrogens with zero attached hydrogens (tertiary/aromatic N) is 2. The third-order valence-corrected chi connectivity index (χ3v) is 5.63. The molecule has 0 spiro atoms. The van der Waals surface area contributed by atoms with E-state index in [1.807, 2.05) is 61.0 Å². The van der Waals surface area contributed by atoms with Crippen LogP contribution >= 0.6 is 0 Å². The van der Waals surface area contributed by atoms with Gasteiger partial charge in [0.2, 0.25) is 5.91 Å². The van der Waals surface area contributed by atoms with E-state index in [4.69, 9.17) is 9.47 Å². The predicted molar refractivity (Wildman–Crippen MR) is 120 cm³/mol. The maximum absolute atomic E-state index is 13.3. The molecule has 2 amide bonds. The van der Waals surface area contributed by atoms with E-state index in [2.05, 4.69) is 5.32 Å². The standard InChI is InChI=1S/C24H27N3O4/c1-4-31-17-9-7-16(8-10-17)15-25-24(29)23-22(27-13-5-6-21(27)28)19-14-18(30-3)11-12-20(19)26(23)2/h7-12,14H,4-6,13,15H2,1-3H3,(H,25,29). The smallest absolute Gasteiger partial charge is 0.270 e. The maximum atomic E-state index is 13.3. The Bertz CT molecular complexity index is 1120. The van der Waals surface area contributed by atoms with Gasteiger partial charge in [-0.3, -0.25) is 9.59 Å². The lowest BCUT2D eigenvalue weighted by Crippen LogP contribution is -2.30. The quantitative estimate of drug-likeness (QED) is 0.632. The van der Waals surface area contributed by atoms with Crippen LogP contribution in [0.1, 0.15) is 35.8 Å². The Morgan fingerprint density at radius 3 is 2.52 bits per heavy atom. The van der Waals surface area contributed by atoms with Crippen LogP contribution in [0.2, 0.25) is 0 Å². The first-order valence-corrected chi connectivity index (χ1v) is 10.5. The summed E-state index contributed by atoms with van der Waals surface area (Å²) >= 11 is 0. The number of carbonyl (C=O) groups excluding carboxylic acids is 2. The van der Waals surface area contributed by atoms with Crippen LogP contribution in [0.3, 0.4) is 0 Å². The first kappa shape index (κ1) is 20.8. The van der Waals surface area contributed by atoms with Crippen LogP contribution < -0.4 is 19.7 Å². The minimum Gasteiger partial charge on any atom is -0.497 e. The van der Waals surface area contributed by atoms with Crippen LogP contribution in [0, 0.1) is 0 Å². The number of amides is 2. The number of anilines is 1. The van der Waals surface area contributed by atoms with Gasteiger partial charge in [0.25, 0.3) is 5.91 Å². The van der Waals surface area contributed by atoms with Gasteiger partial charge < -0.3 is 24.3 Å². The third-order valence-electron chi connectivity index (χ3n) is 5.63. The minimum absolute atomic E-state index is 0.0379. The van der Waals surface area contributed by atoms with Gasteiger partial charge in [-0.2, -0.15) is 0 Å². The van der Waals surface area contributed by atoms with Crippen molar-refractivity contribution in [2.24, 2.45) is 7.05 Å². The Labute approximate surface area is 181 Å². The van der Waals surface area contributed by atoms with E-state index in [-0.39, 0.29) is 11.8 Å². The number of aryl methyl sites for hydroxylation is 1. The van der Waals surface area contributed by atoms with Crippen molar-refractivity contribution in [3.63, 3.8) is 0 Å². The highest BCUT2D eigenvalue weighted by Gasteiger charge is 2.31. The molecule has 7 nitrogen and oxygen atoms in total. The van der Waals surface area contributed by atoms with E-state index in [9.17, 15) is 9.59 Å². The molecule has 0 aliphatic carbocycles. The fourth-order valence-electron chi connectivity index (χ4n) is 4.09. The monoisotopic (exact) mass is 421 g/mol. The third kappa shape index (κ3) is 3.95. The van der Waals surface area contributed by atoms with Gasteiger partial charge in [0.05, 0.1) is 24.9 Å². The Hall–Kier alpha value is -3.48. The fourth-order valence-corrected chi connectivity index (χ4v) is 4.09. The summed E-state index contributed by atoms with van der Waals surface area (Å²) < 4.78 is 12.7. The van der Waals surface area contributed by atoms with E-state index in [1.165, 1.54) is 0 Å². The number of ether oxygens (including phenoxy) is 2. The second kappa shape index (κ2) is 8.71. The first-order chi connectivity index (χ1) is 15.0. The predicted octanol–water partition coefficient (Wildman–Crippen LogP) is 3.64. The summed E-state index contributed by atoms with van der Waals surface area (Å²) in [6, 6.07) is 13.3. The SMILES string of the molecule is CCOc1ccc(CNC(=O)c2c(N3CCCC3=O)c3cc(OC)ccc3n2C)cc1. The normalized spacial score (nSPS) is 13.6. The highest BCUT2D eigenvalue weighted by atomic mass is 16.5. The van der Waals surface area contributed by atoms with Gasteiger partial charge in [0.15, 0.2) is 0 Å². The molecule has 1 fully saturated rings. The molecular formula is C24H27N3O4. The van der Waals surface area contributed by atoms with Crippen molar-refractivity contribution in [2.75, 3.05) is 25.2 Å². The van der Waals surface area contributed by atoms with Gasteiger partial charge >= 0.3 is 0 Å². The average molecular weight is 421 g/mol. The van der Waals surface area contributed by atoms with Crippen molar-refractivity contribution in [1.29, 1.82) is 0 Å². The maximum Gasteiger partial charge on any atom is 0.270 e. The molecule has 1 saturated heterocycles. The number of fused-ring (bicyclic) bond motifs is 1. The number of benzene rings is 2. The number of hydrogen-bond donors (Lipinski definition) is 1. The number of rotatable bonds is 7. The van der Waals surface area contributed by atoms with Crippen LogP contribution in [-0.2, 0) is 18.4 Å². The van der Waals surface area contributed by atoms with Crippen molar-refractivity contribution in [3.05, 3.63) is 53.7 Å². The van der Waals surface area contributed by atoms with E-state index in [1.54, 1.807) is 12.0 Å². The molecule has 1 aliphatic rings. The summed E-state index contributed by atoms with van der Waals surface area (Å²) in [5.41, 5.74) is 2.98. The zero-order chi connectivity index (χ0) is 22.0. The molecule has 1 aromatic heterocycles. The Kier molecular flexibility index (Phi) is 5.84. The summed E-state index contributed by atoms with van der Waals surface area (Å²) in [5, 5.41) is 3.84. The molecule has 3 aromatic rings. The Morgan fingerprint density at radius 1 is 1.13 bits per heavy atom. The Balaban J connectivity index is 1.67. The molecule has 0 atom stereocenters. The van der Waals surface area contributed by atoms with Gasteiger partial charge in [0.1, 0.15) is 17.2 Å². The van der Waals surface area contributed by atoms with Crippen LogP contribution in [0.5, 0.6) is 11.5 Å². The van der Waals surface area contributed by atoms with Gasteiger partial charge in [-0.1, -0.05) is 12.1 Å². The second-order valence-electron chi connectivity index (χ2n) is 7.55.